The van der Waals surface area contributed by atoms with Crippen molar-refractivity contribution in [2.45, 2.75) is 38.0 Å². The number of aromatic nitrogens is 2. The molecule has 0 bridgehead atoms. The lowest BCUT2D eigenvalue weighted by atomic mass is 9.77. The summed E-state index contributed by atoms with van der Waals surface area (Å²) < 4.78 is 0. The first kappa shape index (κ1) is 19.1. The van der Waals surface area contributed by atoms with Crippen molar-refractivity contribution in [3.8, 4) is 28.6 Å². The van der Waals surface area contributed by atoms with Crippen LogP contribution in [-0.4, -0.2) is 9.97 Å². The van der Waals surface area contributed by atoms with Crippen LogP contribution < -0.4 is 0 Å². The van der Waals surface area contributed by atoms with Crippen LogP contribution in [0.25, 0.3) is 22.5 Å². The zero-order valence-electron chi connectivity index (χ0n) is 16.6. The Labute approximate surface area is 172 Å². The molecule has 1 fully saturated rings. The molecule has 2 aromatic carbocycles. The van der Waals surface area contributed by atoms with E-state index in [9.17, 15) is 0 Å². The summed E-state index contributed by atoms with van der Waals surface area (Å²) >= 11 is 0. The van der Waals surface area contributed by atoms with Crippen LogP contribution in [0.15, 0.2) is 73.6 Å². The van der Waals surface area contributed by atoms with Crippen LogP contribution in [0.3, 0.4) is 0 Å². The van der Waals surface area contributed by atoms with Crippen LogP contribution >= 0.6 is 0 Å². The molecular weight excluding hydrogens is 354 g/mol. The van der Waals surface area contributed by atoms with Crippen molar-refractivity contribution in [2.24, 2.45) is 5.92 Å². The maximum absolute atomic E-state index is 8.91. The quantitative estimate of drug-likeness (QED) is 0.473. The predicted molar refractivity (Wildman–Crippen MR) is 117 cm³/mol. The second-order valence-electron chi connectivity index (χ2n) is 7.85. The maximum atomic E-state index is 8.91. The van der Waals surface area contributed by atoms with Crippen molar-refractivity contribution in [1.29, 1.82) is 5.26 Å². The molecule has 3 aromatic rings. The van der Waals surface area contributed by atoms with Gasteiger partial charge in [-0.1, -0.05) is 30.3 Å². The Hall–Kier alpha value is -3.25. The fourth-order valence-electron chi connectivity index (χ4n) is 4.23. The number of benzene rings is 2. The summed E-state index contributed by atoms with van der Waals surface area (Å²) in [4.78, 5) is 9.03. The largest absolute Gasteiger partial charge is 0.236 e. The average Bonchev–Trinajstić information content (AvgIpc) is 2.80. The standard InChI is InChI=1S/C26H25N3/c1-2-3-19-4-8-21(9-5-19)22-12-14-23(15-13-22)25-17-28-26(29-18-25)24-10-6-20(16-27)7-11-24/h2,6-7,10-15,17-19,21H,1,3-5,8-9H2. The molecule has 1 aliphatic rings. The minimum absolute atomic E-state index is 0.639. The Morgan fingerprint density at radius 1 is 0.862 bits per heavy atom. The average molecular weight is 380 g/mol. The van der Waals surface area contributed by atoms with Gasteiger partial charge in [-0.25, -0.2) is 9.97 Å². The van der Waals surface area contributed by atoms with Crippen molar-refractivity contribution in [3.05, 3.63) is 84.7 Å². The zero-order valence-corrected chi connectivity index (χ0v) is 16.6. The van der Waals surface area contributed by atoms with Gasteiger partial charge in [-0.15, -0.1) is 6.58 Å². The molecule has 0 unspecified atom stereocenters. The van der Waals surface area contributed by atoms with Gasteiger partial charge in [-0.05, 0) is 79.3 Å². The third kappa shape index (κ3) is 4.43. The molecule has 0 amide bonds. The van der Waals surface area contributed by atoms with E-state index in [1.165, 1.54) is 31.2 Å². The molecule has 0 atom stereocenters. The summed E-state index contributed by atoms with van der Waals surface area (Å²) in [6, 6.07) is 18.4. The topological polar surface area (TPSA) is 49.6 Å². The van der Waals surface area contributed by atoms with Gasteiger partial charge in [0.2, 0.25) is 0 Å². The number of allylic oxidation sites excluding steroid dienone is 1. The molecule has 29 heavy (non-hydrogen) atoms. The van der Waals surface area contributed by atoms with E-state index in [4.69, 9.17) is 5.26 Å². The lowest BCUT2D eigenvalue weighted by Gasteiger charge is -2.28. The predicted octanol–water partition coefficient (Wildman–Crippen LogP) is 6.53. The highest BCUT2D eigenvalue weighted by Gasteiger charge is 2.21. The highest BCUT2D eigenvalue weighted by molar-refractivity contribution is 5.64. The van der Waals surface area contributed by atoms with Gasteiger partial charge in [0.1, 0.15) is 0 Å². The van der Waals surface area contributed by atoms with Gasteiger partial charge in [0.25, 0.3) is 0 Å². The molecule has 1 saturated carbocycles. The molecule has 0 saturated heterocycles. The van der Waals surface area contributed by atoms with Crippen molar-refractivity contribution in [1.82, 2.24) is 9.97 Å². The third-order valence-electron chi connectivity index (χ3n) is 5.99. The monoisotopic (exact) mass is 379 g/mol. The Balaban J connectivity index is 1.44. The Morgan fingerprint density at radius 2 is 1.48 bits per heavy atom. The van der Waals surface area contributed by atoms with Crippen molar-refractivity contribution in [2.75, 3.05) is 0 Å². The first-order valence-corrected chi connectivity index (χ1v) is 10.3. The van der Waals surface area contributed by atoms with Crippen LogP contribution in [0, 0.1) is 17.2 Å². The molecular formula is C26H25N3. The van der Waals surface area contributed by atoms with Crippen molar-refractivity contribution < 1.29 is 0 Å². The second-order valence-corrected chi connectivity index (χ2v) is 7.85. The van der Waals surface area contributed by atoms with Crippen LogP contribution in [0.2, 0.25) is 0 Å². The lowest BCUT2D eigenvalue weighted by Crippen LogP contribution is -2.12. The van der Waals surface area contributed by atoms with Crippen LogP contribution in [0.1, 0.15) is 49.1 Å². The van der Waals surface area contributed by atoms with E-state index in [-0.39, 0.29) is 0 Å². The van der Waals surface area contributed by atoms with Gasteiger partial charge < -0.3 is 0 Å². The van der Waals surface area contributed by atoms with Crippen LogP contribution in [0.4, 0.5) is 0 Å². The second kappa shape index (κ2) is 8.84. The molecule has 0 N–H and O–H groups in total. The molecule has 3 heteroatoms. The smallest absolute Gasteiger partial charge is 0.159 e. The van der Waals surface area contributed by atoms with Crippen molar-refractivity contribution in [3.63, 3.8) is 0 Å². The van der Waals surface area contributed by atoms with Crippen LogP contribution in [0.5, 0.6) is 0 Å². The lowest BCUT2D eigenvalue weighted by molar-refractivity contribution is 0.328. The Bertz CT molecular complexity index is 988. The Kier molecular flexibility index (Phi) is 5.81. The van der Waals surface area contributed by atoms with Gasteiger partial charge in [-0.3, -0.25) is 0 Å². The molecule has 0 aliphatic heterocycles. The number of rotatable bonds is 5. The van der Waals surface area contributed by atoms with E-state index in [0.717, 1.165) is 29.0 Å². The normalized spacial score (nSPS) is 18.7. The molecule has 3 nitrogen and oxygen atoms in total. The Morgan fingerprint density at radius 3 is 2.07 bits per heavy atom. The number of hydrogen-bond acceptors (Lipinski definition) is 3. The summed E-state index contributed by atoms with van der Waals surface area (Å²) in [7, 11) is 0. The highest BCUT2D eigenvalue weighted by Crippen LogP contribution is 2.37. The first-order valence-electron chi connectivity index (χ1n) is 10.3. The fourth-order valence-corrected chi connectivity index (χ4v) is 4.23. The summed E-state index contributed by atoms with van der Waals surface area (Å²) in [6.07, 6.45) is 12.1. The summed E-state index contributed by atoms with van der Waals surface area (Å²) in [6.45, 7) is 3.88. The molecule has 144 valence electrons. The minimum Gasteiger partial charge on any atom is -0.236 e. The van der Waals surface area contributed by atoms with Gasteiger partial charge in [0.15, 0.2) is 5.82 Å². The minimum atomic E-state index is 0.639. The SMILES string of the molecule is C=CCC1CCC(c2ccc(-c3cnc(-c4ccc(C#N)cc4)nc3)cc2)CC1. The molecule has 1 aliphatic carbocycles. The van der Waals surface area contributed by atoms with E-state index in [1.807, 2.05) is 24.5 Å². The maximum Gasteiger partial charge on any atom is 0.159 e. The van der Waals surface area contributed by atoms with Crippen LogP contribution in [-0.2, 0) is 0 Å². The van der Waals surface area contributed by atoms with Gasteiger partial charge in [0.05, 0.1) is 11.6 Å². The van der Waals surface area contributed by atoms with Gasteiger partial charge in [-0.2, -0.15) is 5.26 Å². The van der Waals surface area contributed by atoms with E-state index in [0.29, 0.717) is 17.3 Å². The molecule has 0 radical (unpaired) electrons. The summed E-state index contributed by atoms with van der Waals surface area (Å²) in [5, 5.41) is 8.91. The van der Waals surface area contributed by atoms with E-state index >= 15 is 0 Å². The molecule has 0 spiro atoms. The molecule has 1 heterocycles. The van der Waals surface area contributed by atoms with E-state index in [2.05, 4.69) is 53.0 Å². The zero-order chi connectivity index (χ0) is 20.1. The highest BCUT2D eigenvalue weighted by atomic mass is 14.9. The fraction of sp³-hybridized carbons (Fsp3) is 0.269. The van der Waals surface area contributed by atoms with E-state index < -0.39 is 0 Å². The van der Waals surface area contributed by atoms with Gasteiger partial charge in [0, 0.05) is 23.5 Å². The van der Waals surface area contributed by atoms with E-state index in [1.54, 1.807) is 12.1 Å². The molecule has 4 rings (SSSR count). The summed E-state index contributed by atoms with van der Waals surface area (Å²) in [5.41, 5.74) is 5.16. The van der Waals surface area contributed by atoms with Crippen molar-refractivity contribution >= 4 is 0 Å². The number of nitriles is 1. The molecule has 1 aromatic heterocycles. The number of nitrogens with zero attached hydrogens (tertiary/aromatic N) is 3. The number of hydrogen-bond donors (Lipinski definition) is 0. The third-order valence-corrected chi connectivity index (χ3v) is 5.99. The van der Waals surface area contributed by atoms with Gasteiger partial charge >= 0.3 is 0 Å². The summed E-state index contributed by atoms with van der Waals surface area (Å²) in [5.74, 6) is 2.18. The first-order chi connectivity index (χ1) is 14.3.